The molecule has 0 saturated carbocycles. The normalized spacial score (nSPS) is 11.6. The molecule has 0 spiro atoms. The summed E-state index contributed by atoms with van der Waals surface area (Å²) in [6, 6.07) is 5.05. The van der Waals surface area contributed by atoms with Crippen LogP contribution in [-0.4, -0.2) is 22.1 Å². The molecule has 0 bridgehead atoms. The molecule has 2 aromatic rings. The van der Waals surface area contributed by atoms with Crippen LogP contribution in [0.5, 0.6) is 5.75 Å². The summed E-state index contributed by atoms with van der Waals surface area (Å²) in [6.45, 7) is 3.98. The van der Waals surface area contributed by atoms with Gasteiger partial charge in [0.15, 0.2) is 0 Å². The zero-order valence-electron chi connectivity index (χ0n) is 12.3. The van der Waals surface area contributed by atoms with Crippen LogP contribution in [0, 0.1) is 13.8 Å². The molecule has 0 aliphatic heterocycles. The van der Waals surface area contributed by atoms with Gasteiger partial charge in [-0.3, -0.25) is 0 Å². The lowest BCUT2D eigenvalue weighted by molar-refractivity contribution is 0.408. The van der Waals surface area contributed by atoms with Crippen molar-refractivity contribution in [2.45, 2.75) is 25.2 Å². The Bertz CT molecular complexity index is 682. The van der Waals surface area contributed by atoms with Crippen molar-refractivity contribution in [3.8, 4) is 5.75 Å². The number of benzene rings is 1. The van der Waals surface area contributed by atoms with Crippen LogP contribution in [0.25, 0.3) is 0 Å². The van der Waals surface area contributed by atoms with E-state index in [1.165, 1.54) is 0 Å². The molecule has 1 aromatic carbocycles. The number of ether oxygens (including phenoxy) is 1. The molecule has 1 N–H and O–H groups in total. The van der Waals surface area contributed by atoms with E-state index in [2.05, 4.69) is 4.72 Å². The first-order valence-corrected chi connectivity index (χ1v) is 8.08. The van der Waals surface area contributed by atoms with Crippen molar-refractivity contribution in [1.82, 2.24) is 4.72 Å². The first-order valence-electron chi connectivity index (χ1n) is 6.60. The zero-order chi connectivity index (χ0) is 15.5. The van der Waals surface area contributed by atoms with Crippen LogP contribution in [0.15, 0.2) is 40.0 Å². The molecule has 6 heteroatoms. The summed E-state index contributed by atoms with van der Waals surface area (Å²) < 4.78 is 37.4. The maximum atomic E-state index is 12.3. The van der Waals surface area contributed by atoms with E-state index in [1.807, 2.05) is 19.9 Å². The molecule has 1 heterocycles. The van der Waals surface area contributed by atoms with Gasteiger partial charge in [-0.1, -0.05) is 0 Å². The second-order valence-corrected chi connectivity index (χ2v) is 6.64. The third-order valence-corrected chi connectivity index (χ3v) is 4.67. The van der Waals surface area contributed by atoms with Crippen molar-refractivity contribution >= 4 is 10.0 Å². The Balaban J connectivity index is 2.12. The van der Waals surface area contributed by atoms with Crippen LogP contribution in [0.2, 0.25) is 0 Å². The lowest BCUT2D eigenvalue weighted by Crippen LogP contribution is -2.26. The van der Waals surface area contributed by atoms with Crippen LogP contribution in [0.4, 0.5) is 0 Å². The summed E-state index contributed by atoms with van der Waals surface area (Å²) >= 11 is 0. The van der Waals surface area contributed by atoms with Gasteiger partial charge in [0.05, 0.1) is 24.5 Å². The molecule has 114 valence electrons. The SMILES string of the molecule is COc1c(C)cc(S(=O)(=O)NCCc2ccoc2)cc1C. The summed E-state index contributed by atoms with van der Waals surface area (Å²) in [7, 11) is -1.94. The molecular weight excluding hydrogens is 290 g/mol. The van der Waals surface area contributed by atoms with E-state index in [0.717, 1.165) is 16.7 Å². The van der Waals surface area contributed by atoms with Crippen LogP contribution in [0.3, 0.4) is 0 Å². The van der Waals surface area contributed by atoms with Gasteiger partial charge in [-0.25, -0.2) is 13.1 Å². The Hall–Kier alpha value is -1.79. The van der Waals surface area contributed by atoms with Gasteiger partial charge in [-0.15, -0.1) is 0 Å². The minimum Gasteiger partial charge on any atom is -0.496 e. The van der Waals surface area contributed by atoms with Gasteiger partial charge in [0.25, 0.3) is 0 Å². The van der Waals surface area contributed by atoms with E-state index in [9.17, 15) is 8.42 Å². The van der Waals surface area contributed by atoms with E-state index >= 15 is 0 Å². The van der Waals surface area contributed by atoms with E-state index in [-0.39, 0.29) is 4.90 Å². The first kappa shape index (κ1) is 15.6. The van der Waals surface area contributed by atoms with E-state index < -0.39 is 10.0 Å². The second kappa shape index (κ2) is 6.32. The van der Waals surface area contributed by atoms with Crippen molar-refractivity contribution in [3.05, 3.63) is 47.4 Å². The number of furan rings is 1. The average molecular weight is 309 g/mol. The molecule has 0 fully saturated rings. The van der Waals surface area contributed by atoms with Crippen molar-refractivity contribution in [3.63, 3.8) is 0 Å². The summed E-state index contributed by atoms with van der Waals surface area (Å²) in [5, 5.41) is 0. The third-order valence-electron chi connectivity index (χ3n) is 3.23. The molecule has 1 aromatic heterocycles. The fourth-order valence-corrected chi connectivity index (χ4v) is 3.44. The monoisotopic (exact) mass is 309 g/mol. The predicted octanol–water partition coefficient (Wildman–Crippen LogP) is 2.43. The average Bonchev–Trinajstić information content (AvgIpc) is 2.91. The number of rotatable bonds is 6. The van der Waals surface area contributed by atoms with Crippen molar-refractivity contribution in [2.24, 2.45) is 0 Å². The Labute approximate surface area is 125 Å². The summed E-state index contributed by atoms with van der Waals surface area (Å²) in [4.78, 5) is 0.255. The topological polar surface area (TPSA) is 68.5 Å². The van der Waals surface area contributed by atoms with E-state index in [4.69, 9.17) is 9.15 Å². The molecule has 2 rings (SSSR count). The smallest absolute Gasteiger partial charge is 0.240 e. The largest absolute Gasteiger partial charge is 0.496 e. The van der Waals surface area contributed by atoms with E-state index in [0.29, 0.717) is 18.7 Å². The minimum absolute atomic E-state index is 0.255. The molecule has 0 aliphatic rings. The molecular formula is C15H19NO4S. The maximum absolute atomic E-state index is 12.3. The zero-order valence-corrected chi connectivity index (χ0v) is 13.2. The highest BCUT2D eigenvalue weighted by atomic mass is 32.2. The maximum Gasteiger partial charge on any atom is 0.240 e. The standard InChI is InChI=1S/C15H19NO4S/c1-11-8-14(9-12(2)15(11)19-3)21(17,18)16-6-4-13-5-7-20-10-13/h5,7-10,16H,4,6H2,1-3H3. The molecule has 21 heavy (non-hydrogen) atoms. The van der Waals surface area contributed by atoms with Crippen molar-refractivity contribution in [1.29, 1.82) is 0 Å². The fraction of sp³-hybridized carbons (Fsp3) is 0.333. The van der Waals surface area contributed by atoms with Crippen LogP contribution < -0.4 is 9.46 Å². The Morgan fingerprint density at radius 2 is 1.90 bits per heavy atom. The highest BCUT2D eigenvalue weighted by Crippen LogP contribution is 2.26. The highest BCUT2D eigenvalue weighted by molar-refractivity contribution is 7.89. The number of hydrogen-bond donors (Lipinski definition) is 1. The molecule has 0 radical (unpaired) electrons. The van der Waals surface area contributed by atoms with Crippen molar-refractivity contribution < 1.29 is 17.6 Å². The predicted molar refractivity (Wildman–Crippen MR) is 80.1 cm³/mol. The number of nitrogens with one attached hydrogen (secondary N) is 1. The van der Waals surface area contributed by atoms with Gasteiger partial charge >= 0.3 is 0 Å². The molecule has 0 saturated heterocycles. The van der Waals surface area contributed by atoms with Gasteiger partial charge < -0.3 is 9.15 Å². The summed E-state index contributed by atoms with van der Waals surface area (Å²) in [5.41, 5.74) is 2.56. The molecule has 0 amide bonds. The first-order chi connectivity index (χ1) is 9.94. The lowest BCUT2D eigenvalue weighted by Gasteiger charge is -2.12. The Morgan fingerprint density at radius 3 is 2.43 bits per heavy atom. The number of aryl methyl sites for hydroxylation is 2. The molecule has 5 nitrogen and oxygen atoms in total. The lowest BCUT2D eigenvalue weighted by atomic mass is 10.1. The second-order valence-electron chi connectivity index (χ2n) is 4.87. The Kier molecular flexibility index (Phi) is 4.69. The third kappa shape index (κ3) is 3.65. The van der Waals surface area contributed by atoms with Gasteiger partial charge in [0.1, 0.15) is 5.75 Å². The highest BCUT2D eigenvalue weighted by Gasteiger charge is 2.16. The van der Waals surface area contributed by atoms with Gasteiger partial charge in [0, 0.05) is 6.54 Å². The number of methoxy groups -OCH3 is 1. The molecule has 0 unspecified atom stereocenters. The van der Waals surface area contributed by atoms with Crippen LogP contribution in [0.1, 0.15) is 16.7 Å². The van der Waals surface area contributed by atoms with Crippen LogP contribution >= 0.6 is 0 Å². The van der Waals surface area contributed by atoms with Gasteiger partial charge in [0.2, 0.25) is 10.0 Å². The minimum atomic E-state index is -3.52. The fourth-order valence-electron chi connectivity index (χ4n) is 2.24. The quantitative estimate of drug-likeness (QED) is 0.890. The summed E-state index contributed by atoms with van der Waals surface area (Å²) in [6.07, 6.45) is 3.76. The van der Waals surface area contributed by atoms with E-state index in [1.54, 1.807) is 31.8 Å². The Morgan fingerprint density at radius 1 is 1.24 bits per heavy atom. The van der Waals surface area contributed by atoms with Gasteiger partial charge in [-0.05, 0) is 55.2 Å². The van der Waals surface area contributed by atoms with Crippen LogP contribution in [-0.2, 0) is 16.4 Å². The molecule has 0 aliphatic carbocycles. The molecule has 0 atom stereocenters. The number of hydrogen-bond acceptors (Lipinski definition) is 4. The summed E-state index contributed by atoms with van der Waals surface area (Å²) in [5.74, 6) is 0.715. The van der Waals surface area contributed by atoms with Gasteiger partial charge in [-0.2, -0.15) is 0 Å². The number of sulfonamides is 1. The van der Waals surface area contributed by atoms with Crippen molar-refractivity contribution in [2.75, 3.05) is 13.7 Å².